The molecule has 0 aromatic heterocycles. The number of carboxylic acid groups (broad SMARTS) is 1. The Morgan fingerprint density at radius 2 is 2.10 bits per heavy atom. The summed E-state index contributed by atoms with van der Waals surface area (Å²) in [4.78, 5) is 24.4. The molecule has 6 heteroatoms. The second-order valence-corrected chi connectivity index (χ2v) is 4.64. The van der Waals surface area contributed by atoms with Crippen LogP contribution >= 0.6 is 0 Å². The number of amides is 2. The number of urea groups is 1. The summed E-state index contributed by atoms with van der Waals surface area (Å²) >= 11 is 0. The van der Waals surface area contributed by atoms with Crippen LogP contribution in [0, 0.1) is 0 Å². The third-order valence-corrected chi connectivity index (χ3v) is 3.12. The molecular weight excluding hydrogens is 272 g/mol. The SMILES string of the molecule is CCN(CCCO)C(=O)NCCc1cccc(C(=O)O)c1. The van der Waals surface area contributed by atoms with Crippen LogP contribution in [0.25, 0.3) is 0 Å². The van der Waals surface area contributed by atoms with Crippen molar-refractivity contribution in [2.45, 2.75) is 19.8 Å². The van der Waals surface area contributed by atoms with E-state index in [0.717, 1.165) is 5.56 Å². The molecule has 0 radical (unpaired) electrons. The average molecular weight is 294 g/mol. The summed E-state index contributed by atoms with van der Waals surface area (Å²) in [5.41, 5.74) is 1.12. The zero-order valence-corrected chi connectivity index (χ0v) is 12.2. The number of benzene rings is 1. The topological polar surface area (TPSA) is 89.9 Å². The van der Waals surface area contributed by atoms with Gasteiger partial charge in [0.05, 0.1) is 5.56 Å². The van der Waals surface area contributed by atoms with Crippen molar-refractivity contribution in [2.24, 2.45) is 0 Å². The van der Waals surface area contributed by atoms with Crippen LogP contribution in [0.15, 0.2) is 24.3 Å². The summed E-state index contributed by atoms with van der Waals surface area (Å²) in [6, 6.07) is 6.51. The molecule has 3 N–H and O–H groups in total. The van der Waals surface area contributed by atoms with E-state index in [1.807, 2.05) is 13.0 Å². The van der Waals surface area contributed by atoms with Crippen molar-refractivity contribution in [3.05, 3.63) is 35.4 Å². The molecule has 0 saturated carbocycles. The Hall–Kier alpha value is -2.08. The molecule has 0 aliphatic carbocycles. The van der Waals surface area contributed by atoms with Gasteiger partial charge < -0.3 is 20.4 Å². The molecule has 0 unspecified atom stereocenters. The van der Waals surface area contributed by atoms with Crippen LogP contribution in [-0.4, -0.2) is 53.4 Å². The van der Waals surface area contributed by atoms with E-state index in [4.69, 9.17) is 10.2 Å². The summed E-state index contributed by atoms with van der Waals surface area (Å²) in [6.45, 7) is 3.49. The number of aromatic carboxylic acids is 1. The van der Waals surface area contributed by atoms with Crippen LogP contribution in [0.1, 0.15) is 29.3 Å². The molecule has 6 nitrogen and oxygen atoms in total. The fourth-order valence-corrected chi connectivity index (χ4v) is 1.95. The number of hydrogen-bond donors (Lipinski definition) is 3. The van der Waals surface area contributed by atoms with Gasteiger partial charge in [-0.25, -0.2) is 9.59 Å². The number of hydrogen-bond acceptors (Lipinski definition) is 3. The molecule has 0 atom stereocenters. The second kappa shape index (κ2) is 8.97. The van der Waals surface area contributed by atoms with Gasteiger partial charge >= 0.3 is 12.0 Å². The molecule has 1 aromatic rings. The summed E-state index contributed by atoms with van der Waals surface area (Å²) < 4.78 is 0. The van der Waals surface area contributed by atoms with E-state index >= 15 is 0 Å². The zero-order valence-electron chi connectivity index (χ0n) is 12.2. The Kier molecular flexibility index (Phi) is 7.25. The number of aliphatic hydroxyl groups is 1. The van der Waals surface area contributed by atoms with E-state index in [9.17, 15) is 9.59 Å². The van der Waals surface area contributed by atoms with Gasteiger partial charge in [-0.15, -0.1) is 0 Å². The average Bonchev–Trinajstić information content (AvgIpc) is 2.48. The monoisotopic (exact) mass is 294 g/mol. The van der Waals surface area contributed by atoms with Crippen LogP contribution < -0.4 is 5.32 Å². The van der Waals surface area contributed by atoms with Crippen LogP contribution in [-0.2, 0) is 6.42 Å². The molecule has 0 spiro atoms. The van der Waals surface area contributed by atoms with Gasteiger partial charge in [0.1, 0.15) is 0 Å². The smallest absolute Gasteiger partial charge is 0.335 e. The molecule has 21 heavy (non-hydrogen) atoms. The highest BCUT2D eigenvalue weighted by Crippen LogP contribution is 2.05. The van der Waals surface area contributed by atoms with Gasteiger partial charge in [-0.3, -0.25) is 0 Å². The molecule has 1 aromatic carbocycles. The number of nitrogens with one attached hydrogen (secondary N) is 1. The molecule has 0 aliphatic heterocycles. The number of nitrogens with zero attached hydrogens (tertiary/aromatic N) is 1. The van der Waals surface area contributed by atoms with Crippen molar-refractivity contribution in [1.82, 2.24) is 10.2 Å². The Bertz CT molecular complexity index is 476. The standard InChI is InChI=1S/C15H22N2O4/c1-2-17(9-4-10-18)15(21)16-8-7-12-5-3-6-13(11-12)14(19)20/h3,5-6,11,18H,2,4,7-10H2,1H3,(H,16,21)(H,19,20). The van der Waals surface area contributed by atoms with Gasteiger partial charge in [0.15, 0.2) is 0 Å². The maximum Gasteiger partial charge on any atom is 0.335 e. The number of rotatable bonds is 8. The maximum absolute atomic E-state index is 11.9. The molecule has 116 valence electrons. The van der Waals surface area contributed by atoms with Crippen LogP contribution in [0.4, 0.5) is 4.79 Å². The first-order valence-corrected chi connectivity index (χ1v) is 7.04. The highest BCUT2D eigenvalue weighted by molar-refractivity contribution is 5.87. The number of carbonyl (C=O) groups is 2. The highest BCUT2D eigenvalue weighted by atomic mass is 16.4. The Balaban J connectivity index is 2.43. The van der Waals surface area contributed by atoms with Gasteiger partial charge in [-0.05, 0) is 37.5 Å². The van der Waals surface area contributed by atoms with Crippen molar-refractivity contribution in [2.75, 3.05) is 26.2 Å². The first-order valence-electron chi connectivity index (χ1n) is 7.04. The van der Waals surface area contributed by atoms with E-state index in [2.05, 4.69) is 5.32 Å². The largest absolute Gasteiger partial charge is 0.478 e. The number of carbonyl (C=O) groups excluding carboxylic acids is 1. The lowest BCUT2D eigenvalue weighted by atomic mass is 10.1. The fraction of sp³-hybridized carbons (Fsp3) is 0.467. The van der Waals surface area contributed by atoms with Crippen molar-refractivity contribution >= 4 is 12.0 Å². The van der Waals surface area contributed by atoms with Crippen molar-refractivity contribution in [3.8, 4) is 0 Å². The minimum Gasteiger partial charge on any atom is -0.478 e. The van der Waals surface area contributed by atoms with Crippen LogP contribution in [0.3, 0.4) is 0 Å². The lowest BCUT2D eigenvalue weighted by molar-refractivity contribution is 0.0696. The molecular formula is C15H22N2O4. The van der Waals surface area contributed by atoms with Gasteiger partial charge in [-0.2, -0.15) is 0 Å². The van der Waals surface area contributed by atoms with E-state index in [0.29, 0.717) is 32.5 Å². The van der Waals surface area contributed by atoms with Gasteiger partial charge in [0.2, 0.25) is 0 Å². The Morgan fingerprint density at radius 1 is 1.33 bits per heavy atom. The minimum absolute atomic E-state index is 0.0613. The van der Waals surface area contributed by atoms with E-state index < -0.39 is 5.97 Å². The molecule has 0 aliphatic rings. The van der Waals surface area contributed by atoms with Crippen molar-refractivity contribution in [3.63, 3.8) is 0 Å². The number of carboxylic acids is 1. The molecule has 1 rings (SSSR count). The van der Waals surface area contributed by atoms with E-state index in [1.54, 1.807) is 17.0 Å². The minimum atomic E-state index is -0.956. The first kappa shape index (κ1) is 17.0. The summed E-state index contributed by atoms with van der Waals surface area (Å²) in [5.74, 6) is -0.956. The predicted molar refractivity (Wildman–Crippen MR) is 79.5 cm³/mol. The Labute approximate surface area is 124 Å². The lowest BCUT2D eigenvalue weighted by Gasteiger charge is -2.20. The summed E-state index contributed by atoms with van der Waals surface area (Å²) in [6.07, 6.45) is 1.13. The molecule has 0 fully saturated rings. The van der Waals surface area contributed by atoms with E-state index in [-0.39, 0.29) is 18.2 Å². The van der Waals surface area contributed by atoms with Crippen LogP contribution in [0.2, 0.25) is 0 Å². The van der Waals surface area contributed by atoms with Crippen molar-refractivity contribution in [1.29, 1.82) is 0 Å². The summed E-state index contributed by atoms with van der Waals surface area (Å²) in [5, 5.41) is 20.5. The Morgan fingerprint density at radius 3 is 2.71 bits per heavy atom. The first-order chi connectivity index (χ1) is 10.1. The molecule has 0 saturated heterocycles. The van der Waals surface area contributed by atoms with Gasteiger partial charge in [0.25, 0.3) is 0 Å². The zero-order chi connectivity index (χ0) is 15.7. The van der Waals surface area contributed by atoms with Crippen LogP contribution in [0.5, 0.6) is 0 Å². The second-order valence-electron chi connectivity index (χ2n) is 4.64. The normalized spacial score (nSPS) is 10.2. The van der Waals surface area contributed by atoms with E-state index in [1.165, 1.54) is 6.07 Å². The van der Waals surface area contributed by atoms with Gasteiger partial charge in [-0.1, -0.05) is 12.1 Å². The maximum atomic E-state index is 11.9. The molecule has 2 amide bonds. The highest BCUT2D eigenvalue weighted by Gasteiger charge is 2.10. The third-order valence-electron chi connectivity index (χ3n) is 3.12. The van der Waals surface area contributed by atoms with Gasteiger partial charge in [0, 0.05) is 26.2 Å². The number of aliphatic hydroxyl groups excluding tert-OH is 1. The third kappa shape index (κ3) is 5.83. The predicted octanol–water partition coefficient (Wildman–Crippen LogP) is 1.34. The quantitative estimate of drug-likeness (QED) is 0.675. The lowest BCUT2D eigenvalue weighted by Crippen LogP contribution is -2.41. The molecule has 0 heterocycles. The fourth-order valence-electron chi connectivity index (χ4n) is 1.95. The van der Waals surface area contributed by atoms with Crippen molar-refractivity contribution < 1.29 is 19.8 Å². The summed E-state index contributed by atoms with van der Waals surface area (Å²) in [7, 11) is 0. The molecule has 0 bridgehead atoms.